The Bertz CT molecular complexity index is 484. The minimum atomic E-state index is -0.225. The number of hydrogen-bond donors (Lipinski definition) is 2. The minimum absolute atomic E-state index is 0.0671. The van der Waals surface area contributed by atoms with E-state index in [1.807, 2.05) is 25.7 Å². The lowest BCUT2D eigenvalue weighted by Crippen LogP contribution is -2.44. The third-order valence-corrected chi connectivity index (χ3v) is 4.58. The van der Waals surface area contributed by atoms with Crippen LogP contribution in [0.4, 0.5) is 11.4 Å². The second kappa shape index (κ2) is 8.51. The summed E-state index contributed by atoms with van der Waals surface area (Å²) in [6.45, 7) is 4.04. The molecular formula is C15H24ClN3OS. The van der Waals surface area contributed by atoms with Crippen molar-refractivity contribution in [2.24, 2.45) is 0 Å². The molecule has 0 bridgehead atoms. The van der Waals surface area contributed by atoms with Crippen molar-refractivity contribution in [1.29, 1.82) is 0 Å². The Morgan fingerprint density at radius 2 is 2.14 bits per heavy atom. The molecule has 0 spiro atoms. The van der Waals surface area contributed by atoms with Crippen molar-refractivity contribution in [1.82, 2.24) is 4.90 Å². The highest BCUT2D eigenvalue weighted by molar-refractivity contribution is 7.98. The number of rotatable bonds is 7. The molecule has 0 aliphatic rings. The molecule has 4 nitrogen and oxygen atoms in total. The van der Waals surface area contributed by atoms with E-state index in [2.05, 4.69) is 23.4 Å². The molecule has 3 N–H and O–H groups in total. The summed E-state index contributed by atoms with van der Waals surface area (Å²) in [7, 11) is 1.97. The maximum Gasteiger partial charge on any atom is 0.241 e. The molecule has 0 aliphatic heterocycles. The summed E-state index contributed by atoms with van der Waals surface area (Å²) in [5.74, 6) is 1.02. The number of benzene rings is 1. The van der Waals surface area contributed by atoms with Gasteiger partial charge in [0.1, 0.15) is 0 Å². The fraction of sp³-hybridized carbons (Fsp3) is 0.533. The van der Waals surface area contributed by atoms with Gasteiger partial charge in [-0.05, 0) is 57.5 Å². The van der Waals surface area contributed by atoms with Gasteiger partial charge in [-0.2, -0.15) is 11.8 Å². The summed E-state index contributed by atoms with van der Waals surface area (Å²) in [4.78, 5) is 14.4. The third kappa shape index (κ3) is 5.41. The third-order valence-electron chi connectivity index (χ3n) is 3.70. The average Bonchev–Trinajstić information content (AvgIpc) is 2.45. The van der Waals surface area contributed by atoms with Gasteiger partial charge in [-0.1, -0.05) is 11.6 Å². The van der Waals surface area contributed by atoms with Gasteiger partial charge < -0.3 is 11.1 Å². The summed E-state index contributed by atoms with van der Waals surface area (Å²) in [6.07, 6.45) is 3.14. The SMILES string of the molecule is CSCCC(C)N(C)C(C)C(=O)Nc1ccc(Cl)cc1N. The predicted molar refractivity (Wildman–Crippen MR) is 94.2 cm³/mol. The first-order valence-corrected chi connectivity index (χ1v) is 8.70. The molecule has 1 amide bonds. The molecule has 0 aliphatic carbocycles. The van der Waals surface area contributed by atoms with Crippen LogP contribution in [0.2, 0.25) is 5.02 Å². The Hall–Kier alpha value is -0.910. The van der Waals surface area contributed by atoms with Crippen LogP contribution in [0.5, 0.6) is 0 Å². The van der Waals surface area contributed by atoms with Crippen LogP contribution in [0.25, 0.3) is 0 Å². The van der Waals surface area contributed by atoms with Gasteiger partial charge in [0.2, 0.25) is 5.91 Å². The van der Waals surface area contributed by atoms with E-state index in [1.54, 1.807) is 18.2 Å². The van der Waals surface area contributed by atoms with Crippen molar-refractivity contribution in [3.05, 3.63) is 23.2 Å². The van der Waals surface area contributed by atoms with Crippen molar-refractivity contribution < 1.29 is 4.79 Å². The highest BCUT2D eigenvalue weighted by Crippen LogP contribution is 2.23. The number of anilines is 2. The topological polar surface area (TPSA) is 58.4 Å². The average molecular weight is 330 g/mol. The summed E-state index contributed by atoms with van der Waals surface area (Å²) in [5, 5.41) is 3.42. The van der Waals surface area contributed by atoms with Gasteiger partial charge in [0, 0.05) is 11.1 Å². The zero-order chi connectivity index (χ0) is 16.0. The Morgan fingerprint density at radius 1 is 1.48 bits per heavy atom. The van der Waals surface area contributed by atoms with E-state index in [0.717, 1.165) is 12.2 Å². The number of carbonyl (C=O) groups is 1. The van der Waals surface area contributed by atoms with Gasteiger partial charge in [-0.15, -0.1) is 0 Å². The van der Waals surface area contributed by atoms with Crippen LogP contribution >= 0.6 is 23.4 Å². The lowest BCUT2D eigenvalue weighted by atomic mass is 10.1. The largest absolute Gasteiger partial charge is 0.397 e. The quantitative estimate of drug-likeness (QED) is 0.753. The molecule has 0 aromatic heterocycles. The standard InChI is InChI=1S/C15H24ClN3OS/c1-10(7-8-21-4)19(3)11(2)15(20)18-14-6-5-12(16)9-13(14)17/h5-6,9-11H,7-8,17H2,1-4H3,(H,18,20). The highest BCUT2D eigenvalue weighted by atomic mass is 35.5. The molecule has 1 aromatic rings. The summed E-state index contributed by atoms with van der Waals surface area (Å²) in [6, 6.07) is 5.19. The summed E-state index contributed by atoms with van der Waals surface area (Å²) < 4.78 is 0. The number of nitrogen functional groups attached to an aromatic ring is 1. The zero-order valence-electron chi connectivity index (χ0n) is 13.0. The molecule has 6 heteroatoms. The van der Waals surface area contributed by atoms with Gasteiger partial charge in [0.05, 0.1) is 17.4 Å². The lowest BCUT2D eigenvalue weighted by Gasteiger charge is -2.30. The van der Waals surface area contributed by atoms with E-state index in [0.29, 0.717) is 22.4 Å². The molecule has 2 unspecified atom stereocenters. The molecule has 0 radical (unpaired) electrons. The van der Waals surface area contributed by atoms with E-state index < -0.39 is 0 Å². The maximum atomic E-state index is 12.3. The molecule has 1 aromatic carbocycles. The number of halogens is 1. The number of nitrogens with two attached hydrogens (primary N) is 1. The van der Waals surface area contributed by atoms with Crippen LogP contribution in [0.3, 0.4) is 0 Å². The molecule has 0 saturated heterocycles. The Morgan fingerprint density at radius 3 is 2.71 bits per heavy atom. The van der Waals surface area contributed by atoms with Gasteiger partial charge >= 0.3 is 0 Å². The molecule has 21 heavy (non-hydrogen) atoms. The second-order valence-corrected chi connectivity index (χ2v) is 6.61. The molecule has 118 valence electrons. The van der Waals surface area contributed by atoms with Gasteiger partial charge in [-0.25, -0.2) is 0 Å². The molecule has 0 fully saturated rings. The van der Waals surface area contributed by atoms with Gasteiger partial charge in [0.15, 0.2) is 0 Å². The minimum Gasteiger partial charge on any atom is -0.397 e. The van der Waals surface area contributed by atoms with E-state index in [1.165, 1.54) is 0 Å². The van der Waals surface area contributed by atoms with Crippen LogP contribution in [0.1, 0.15) is 20.3 Å². The number of amides is 1. The number of likely N-dealkylation sites (N-methyl/N-ethyl adjacent to an activating group) is 1. The fourth-order valence-corrected chi connectivity index (χ4v) is 2.70. The molecule has 0 saturated carbocycles. The van der Waals surface area contributed by atoms with Gasteiger partial charge in [-0.3, -0.25) is 9.69 Å². The van der Waals surface area contributed by atoms with Gasteiger partial charge in [0.25, 0.3) is 0 Å². The summed E-state index contributed by atoms with van der Waals surface area (Å²) in [5.41, 5.74) is 6.93. The zero-order valence-corrected chi connectivity index (χ0v) is 14.6. The predicted octanol–water partition coefficient (Wildman–Crippen LogP) is 3.32. The van der Waals surface area contributed by atoms with Crippen molar-refractivity contribution in [3.63, 3.8) is 0 Å². The van der Waals surface area contributed by atoms with Crippen LogP contribution < -0.4 is 11.1 Å². The first kappa shape index (κ1) is 18.1. The summed E-state index contributed by atoms with van der Waals surface area (Å²) >= 11 is 7.67. The highest BCUT2D eigenvalue weighted by Gasteiger charge is 2.22. The van der Waals surface area contributed by atoms with Crippen molar-refractivity contribution >= 4 is 40.6 Å². The first-order valence-electron chi connectivity index (χ1n) is 6.93. The molecule has 0 heterocycles. The van der Waals surface area contributed by atoms with Crippen LogP contribution in [-0.2, 0) is 4.79 Å². The number of thioether (sulfide) groups is 1. The number of hydrogen-bond acceptors (Lipinski definition) is 4. The molecule has 1 rings (SSSR count). The van der Waals surface area contributed by atoms with E-state index in [-0.39, 0.29) is 11.9 Å². The normalized spacial score (nSPS) is 14.0. The maximum absolute atomic E-state index is 12.3. The van der Waals surface area contributed by atoms with Crippen molar-refractivity contribution in [3.8, 4) is 0 Å². The van der Waals surface area contributed by atoms with E-state index in [4.69, 9.17) is 17.3 Å². The second-order valence-electron chi connectivity index (χ2n) is 5.19. The van der Waals surface area contributed by atoms with Crippen LogP contribution in [0, 0.1) is 0 Å². The number of nitrogens with one attached hydrogen (secondary N) is 1. The van der Waals surface area contributed by atoms with E-state index in [9.17, 15) is 4.79 Å². The number of carbonyl (C=O) groups excluding carboxylic acids is 1. The Kier molecular flexibility index (Phi) is 7.35. The smallest absolute Gasteiger partial charge is 0.241 e. The Labute approximate surface area is 136 Å². The molecule has 2 atom stereocenters. The van der Waals surface area contributed by atoms with Crippen molar-refractivity contribution in [2.45, 2.75) is 32.4 Å². The van der Waals surface area contributed by atoms with Crippen molar-refractivity contribution in [2.75, 3.05) is 30.1 Å². The fourth-order valence-electron chi connectivity index (χ4n) is 1.94. The lowest BCUT2D eigenvalue weighted by molar-refractivity contribution is -0.120. The first-order chi connectivity index (χ1) is 9.86. The van der Waals surface area contributed by atoms with Crippen LogP contribution in [-0.4, -0.2) is 41.9 Å². The number of nitrogens with zero attached hydrogens (tertiary/aromatic N) is 1. The van der Waals surface area contributed by atoms with Crippen LogP contribution in [0.15, 0.2) is 18.2 Å². The monoisotopic (exact) mass is 329 g/mol. The Balaban J connectivity index is 2.65. The molecular weight excluding hydrogens is 306 g/mol. The van der Waals surface area contributed by atoms with E-state index >= 15 is 0 Å².